The van der Waals surface area contributed by atoms with Crippen LogP contribution in [0.2, 0.25) is 0 Å². The van der Waals surface area contributed by atoms with Crippen molar-refractivity contribution < 1.29 is 4.79 Å². The van der Waals surface area contributed by atoms with Crippen molar-refractivity contribution in [2.45, 2.75) is 39.2 Å². The first kappa shape index (κ1) is 11.9. The lowest BCUT2D eigenvalue weighted by Gasteiger charge is -2.21. The number of benzene rings is 1. The van der Waals surface area contributed by atoms with E-state index in [2.05, 4.69) is 26.8 Å². The van der Waals surface area contributed by atoms with E-state index >= 15 is 0 Å². The van der Waals surface area contributed by atoms with Crippen molar-refractivity contribution in [3.63, 3.8) is 0 Å². The molecule has 15 heavy (non-hydrogen) atoms. The van der Waals surface area contributed by atoms with Gasteiger partial charge in [0.05, 0.1) is 6.04 Å². The molecule has 0 aromatic heterocycles. The number of nitrogens with two attached hydrogens (primary N) is 1. The summed E-state index contributed by atoms with van der Waals surface area (Å²) < 4.78 is 0. The van der Waals surface area contributed by atoms with Crippen molar-refractivity contribution in [1.82, 2.24) is 0 Å². The summed E-state index contributed by atoms with van der Waals surface area (Å²) in [5.41, 5.74) is 9.04. The van der Waals surface area contributed by atoms with Gasteiger partial charge in [0.1, 0.15) is 6.29 Å². The quantitative estimate of drug-likeness (QED) is 0.754. The fourth-order valence-corrected chi connectivity index (χ4v) is 1.54. The molecule has 1 aromatic carbocycles. The van der Waals surface area contributed by atoms with Gasteiger partial charge in [0.15, 0.2) is 0 Å². The summed E-state index contributed by atoms with van der Waals surface area (Å²) in [6, 6.07) is 5.65. The first-order valence-corrected chi connectivity index (χ1v) is 5.18. The summed E-state index contributed by atoms with van der Waals surface area (Å²) in [5.74, 6) is 0. The molecule has 0 amide bonds. The van der Waals surface area contributed by atoms with Gasteiger partial charge in [-0.2, -0.15) is 0 Å². The summed E-state index contributed by atoms with van der Waals surface area (Å²) in [4.78, 5) is 10.7. The molecule has 0 saturated heterocycles. The third kappa shape index (κ3) is 2.66. The molecule has 2 heteroatoms. The predicted molar refractivity (Wildman–Crippen MR) is 62.9 cm³/mol. The zero-order valence-electron chi connectivity index (χ0n) is 9.87. The number of aldehydes is 1. The number of carbonyl (C=O) groups is 1. The second kappa shape index (κ2) is 4.15. The van der Waals surface area contributed by atoms with Gasteiger partial charge in [0.25, 0.3) is 0 Å². The minimum Gasteiger partial charge on any atom is -0.318 e. The van der Waals surface area contributed by atoms with Crippen LogP contribution in [0.5, 0.6) is 0 Å². The molecule has 1 rings (SSSR count). The molecule has 1 atom stereocenters. The molecular weight excluding hydrogens is 186 g/mol. The zero-order valence-corrected chi connectivity index (χ0v) is 9.87. The van der Waals surface area contributed by atoms with Crippen LogP contribution in [-0.2, 0) is 10.2 Å². The number of carbonyl (C=O) groups excluding carboxylic acids is 1. The summed E-state index contributed by atoms with van der Waals surface area (Å²) in [7, 11) is 0. The molecule has 0 heterocycles. The van der Waals surface area contributed by atoms with Gasteiger partial charge < -0.3 is 10.5 Å². The zero-order chi connectivity index (χ0) is 11.6. The normalized spacial score (nSPS) is 13.7. The lowest BCUT2D eigenvalue weighted by molar-refractivity contribution is -0.109. The Balaban J connectivity index is 3.22. The Hall–Kier alpha value is -1.15. The van der Waals surface area contributed by atoms with Crippen LogP contribution in [0.4, 0.5) is 0 Å². The Bertz CT molecular complexity index is 363. The first-order valence-electron chi connectivity index (χ1n) is 5.18. The van der Waals surface area contributed by atoms with E-state index in [4.69, 9.17) is 5.73 Å². The molecule has 0 aliphatic rings. The Morgan fingerprint density at radius 3 is 2.40 bits per heavy atom. The molecule has 82 valence electrons. The highest BCUT2D eigenvalue weighted by Crippen LogP contribution is 2.26. The second-order valence-electron chi connectivity index (χ2n) is 4.98. The molecule has 2 N–H and O–H groups in total. The van der Waals surface area contributed by atoms with Crippen LogP contribution in [-0.4, -0.2) is 6.29 Å². The van der Waals surface area contributed by atoms with Crippen LogP contribution in [0, 0.1) is 6.92 Å². The molecule has 2 nitrogen and oxygen atoms in total. The fraction of sp³-hybridized carbons (Fsp3) is 0.462. The average Bonchev–Trinajstić information content (AvgIpc) is 2.15. The summed E-state index contributed by atoms with van der Waals surface area (Å²) in [6.45, 7) is 8.42. The van der Waals surface area contributed by atoms with E-state index in [-0.39, 0.29) is 5.41 Å². The largest absolute Gasteiger partial charge is 0.318 e. The van der Waals surface area contributed by atoms with E-state index in [0.717, 1.165) is 17.4 Å². The lowest BCUT2D eigenvalue weighted by Crippen LogP contribution is -2.16. The molecule has 0 aliphatic heterocycles. The number of hydrogen-bond acceptors (Lipinski definition) is 2. The van der Waals surface area contributed by atoms with Crippen molar-refractivity contribution in [3.05, 3.63) is 34.9 Å². The van der Waals surface area contributed by atoms with Crippen LogP contribution in [0.15, 0.2) is 18.2 Å². The smallest absolute Gasteiger partial charge is 0.141 e. The standard InChI is InChI=1S/C13H19NO/c1-9-5-6-10(13(2,3)4)7-11(9)12(14)8-15/h5-8,12H,14H2,1-4H3. The van der Waals surface area contributed by atoms with Gasteiger partial charge in [-0.1, -0.05) is 39.0 Å². The third-order valence-corrected chi connectivity index (χ3v) is 2.65. The summed E-state index contributed by atoms with van der Waals surface area (Å²) >= 11 is 0. The third-order valence-electron chi connectivity index (χ3n) is 2.65. The van der Waals surface area contributed by atoms with Crippen LogP contribution in [0.3, 0.4) is 0 Å². The molecule has 0 spiro atoms. The van der Waals surface area contributed by atoms with Crippen molar-refractivity contribution in [3.8, 4) is 0 Å². The Kier molecular flexibility index (Phi) is 3.30. The van der Waals surface area contributed by atoms with Crippen LogP contribution in [0.1, 0.15) is 43.5 Å². The molecule has 0 saturated carbocycles. The number of hydrogen-bond donors (Lipinski definition) is 1. The average molecular weight is 205 g/mol. The molecule has 1 unspecified atom stereocenters. The van der Waals surface area contributed by atoms with E-state index in [0.29, 0.717) is 0 Å². The van der Waals surface area contributed by atoms with E-state index in [1.807, 2.05) is 19.1 Å². The highest BCUT2D eigenvalue weighted by molar-refractivity contribution is 5.62. The Morgan fingerprint density at radius 1 is 1.33 bits per heavy atom. The van der Waals surface area contributed by atoms with Gasteiger partial charge in [-0.3, -0.25) is 0 Å². The van der Waals surface area contributed by atoms with Gasteiger partial charge in [-0.25, -0.2) is 0 Å². The Labute approximate surface area is 91.5 Å². The molecule has 0 radical (unpaired) electrons. The topological polar surface area (TPSA) is 43.1 Å². The maximum Gasteiger partial charge on any atom is 0.141 e. The van der Waals surface area contributed by atoms with E-state index in [1.54, 1.807) is 0 Å². The van der Waals surface area contributed by atoms with Crippen molar-refractivity contribution >= 4 is 6.29 Å². The van der Waals surface area contributed by atoms with Crippen molar-refractivity contribution in [2.75, 3.05) is 0 Å². The van der Waals surface area contributed by atoms with Crippen molar-refractivity contribution in [2.24, 2.45) is 5.73 Å². The minimum absolute atomic E-state index is 0.0883. The van der Waals surface area contributed by atoms with Gasteiger partial charge in [-0.05, 0) is 29.0 Å². The predicted octanol–water partition coefficient (Wildman–Crippen LogP) is 2.49. The van der Waals surface area contributed by atoms with Crippen LogP contribution >= 0.6 is 0 Å². The summed E-state index contributed by atoms with van der Waals surface area (Å²) in [5, 5.41) is 0. The monoisotopic (exact) mass is 205 g/mol. The maximum atomic E-state index is 10.7. The number of aryl methyl sites for hydroxylation is 1. The molecule has 0 fully saturated rings. The van der Waals surface area contributed by atoms with Crippen LogP contribution in [0.25, 0.3) is 0 Å². The van der Waals surface area contributed by atoms with Gasteiger partial charge in [0.2, 0.25) is 0 Å². The SMILES string of the molecule is Cc1ccc(C(C)(C)C)cc1C(N)C=O. The molecule has 0 aliphatic carbocycles. The van der Waals surface area contributed by atoms with Crippen molar-refractivity contribution in [1.29, 1.82) is 0 Å². The van der Waals surface area contributed by atoms with E-state index in [1.165, 1.54) is 5.56 Å². The molecule has 1 aromatic rings. The lowest BCUT2D eigenvalue weighted by atomic mass is 9.84. The first-order chi connectivity index (χ1) is 6.86. The van der Waals surface area contributed by atoms with Gasteiger partial charge >= 0.3 is 0 Å². The molecular formula is C13H19NO. The number of rotatable bonds is 2. The van der Waals surface area contributed by atoms with E-state index < -0.39 is 6.04 Å². The summed E-state index contributed by atoms with van der Waals surface area (Å²) in [6.07, 6.45) is 0.786. The van der Waals surface area contributed by atoms with Crippen LogP contribution < -0.4 is 5.73 Å². The molecule has 0 bridgehead atoms. The Morgan fingerprint density at radius 2 is 1.93 bits per heavy atom. The highest BCUT2D eigenvalue weighted by atomic mass is 16.1. The fourth-order valence-electron chi connectivity index (χ4n) is 1.54. The second-order valence-corrected chi connectivity index (χ2v) is 4.98. The maximum absolute atomic E-state index is 10.7. The van der Waals surface area contributed by atoms with Gasteiger partial charge in [0, 0.05) is 0 Å². The minimum atomic E-state index is -0.507. The van der Waals surface area contributed by atoms with Gasteiger partial charge in [-0.15, -0.1) is 0 Å². The highest BCUT2D eigenvalue weighted by Gasteiger charge is 2.16. The van der Waals surface area contributed by atoms with E-state index in [9.17, 15) is 4.79 Å².